The molecule has 3 heteroatoms. The molecule has 1 rings (SSSR count). The molecule has 0 heterocycles. The first kappa shape index (κ1) is 13.7. The number of nitrogens with one attached hydrogen (secondary N) is 1. The van der Waals surface area contributed by atoms with Crippen LogP contribution in [0.1, 0.15) is 50.2 Å². The van der Waals surface area contributed by atoms with Crippen molar-refractivity contribution in [2.75, 3.05) is 0 Å². The van der Waals surface area contributed by atoms with E-state index in [4.69, 9.17) is 5.84 Å². The van der Waals surface area contributed by atoms with E-state index in [1.165, 1.54) is 11.1 Å². The summed E-state index contributed by atoms with van der Waals surface area (Å²) in [6, 6.07) is 8.68. The molecule has 1 aromatic rings. The number of nitrogens with two attached hydrogens (primary N) is 1. The third kappa shape index (κ3) is 4.57. The van der Waals surface area contributed by atoms with E-state index in [1.807, 2.05) is 0 Å². The number of hydrogen-bond acceptors (Lipinski definition) is 2. The second-order valence-electron chi connectivity index (χ2n) is 4.47. The highest BCUT2D eigenvalue weighted by molar-refractivity contribution is 5.75. The number of benzene rings is 1. The number of hydrogen-bond donors (Lipinski definition) is 2. The Morgan fingerprint density at radius 1 is 1.35 bits per heavy atom. The summed E-state index contributed by atoms with van der Waals surface area (Å²) in [6.07, 6.45) is 3.42. The molecule has 0 saturated heterocycles. The predicted molar refractivity (Wildman–Crippen MR) is 70.4 cm³/mol. The lowest BCUT2D eigenvalue weighted by Crippen LogP contribution is -2.29. The van der Waals surface area contributed by atoms with E-state index in [-0.39, 0.29) is 5.91 Å². The van der Waals surface area contributed by atoms with Gasteiger partial charge in [-0.05, 0) is 36.3 Å². The van der Waals surface area contributed by atoms with Gasteiger partial charge in [0.2, 0.25) is 5.91 Å². The van der Waals surface area contributed by atoms with Gasteiger partial charge in [-0.15, -0.1) is 0 Å². The summed E-state index contributed by atoms with van der Waals surface area (Å²) in [6.45, 7) is 4.44. The molecule has 0 fully saturated rings. The molecule has 0 spiro atoms. The van der Waals surface area contributed by atoms with Crippen LogP contribution in [0.5, 0.6) is 0 Å². The molecule has 1 unspecified atom stereocenters. The maximum atomic E-state index is 10.9. The highest BCUT2D eigenvalue weighted by Crippen LogP contribution is 2.19. The molecule has 0 radical (unpaired) electrons. The Morgan fingerprint density at radius 2 is 2.00 bits per heavy atom. The minimum Gasteiger partial charge on any atom is -0.294 e. The summed E-state index contributed by atoms with van der Waals surface area (Å²) < 4.78 is 0. The van der Waals surface area contributed by atoms with Crippen LogP contribution in [0.2, 0.25) is 0 Å². The maximum Gasteiger partial charge on any atom is 0.233 e. The zero-order valence-corrected chi connectivity index (χ0v) is 10.7. The molecule has 0 aliphatic carbocycles. The van der Waals surface area contributed by atoms with Crippen molar-refractivity contribution in [3.63, 3.8) is 0 Å². The van der Waals surface area contributed by atoms with Crippen molar-refractivity contribution < 1.29 is 4.79 Å². The number of rotatable bonds is 6. The summed E-state index contributed by atoms with van der Waals surface area (Å²) in [4.78, 5) is 10.9. The van der Waals surface area contributed by atoms with Crippen LogP contribution in [-0.4, -0.2) is 5.91 Å². The van der Waals surface area contributed by atoms with Crippen LogP contribution in [-0.2, 0) is 11.2 Å². The summed E-state index contributed by atoms with van der Waals surface area (Å²) >= 11 is 0. The van der Waals surface area contributed by atoms with Gasteiger partial charge in [-0.25, -0.2) is 5.84 Å². The molecule has 1 aromatic carbocycles. The van der Waals surface area contributed by atoms with E-state index in [0.717, 1.165) is 19.3 Å². The van der Waals surface area contributed by atoms with Crippen molar-refractivity contribution in [2.45, 2.75) is 45.4 Å². The molecular weight excluding hydrogens is 212 g/mol. The fourth-order valence-corrected chi connectivity index (χ4v) is 1.77. The molecule has 1 amide bonds. The first-order chi connectivity index (χ1) is 8.17. The molecule has 94 valence electrons. The molecule has 3 N–H and O–H groups in total. The van der Waals surface area contributed by atoms with Gasteiger partial charge in [-0.2, -0.15) is 0 Å². The van der Waals surface area contributed by atoms with E-state index in [9.17, 15) is 4.79 Å². The van der Waals surface area contributed by atoms with Crippen molar-refractivity contribution in [3.8, 4) is 0 Å². The van der Waals surface area contributed by atoms with E-state index in [0.29, 0.717) is 12.3 Å². The first-order valence-corrected chi connectivity index (χ1v) is 6.25. The average molecular weight is 234 g/mol. The average Bonchev–Trinajstić information content (AvgIpc) is 2.38. The highest BCUT2D eigenvalue weighted by atomic mass is 16.2. The third-order valence-electron chi connectivity index (χ3n) is 3.19. The molecular formula is C14H22N2O. The van der Waals surface area contributed by atoms with Crippen LogP contribution in [0, 0.1) is 0 Å². The summed E-state index contributed by atoms with van der Waals surface area (Å²) in [7, 11) is 0. The molecule has 0 aliphatic rings. The van der Waals surface area contributed by atoms with Crippen molar-refractivity contribution >= 4 is 5.91 Å². The minimum absolute atomic E-state index is 0.0961. The SMILES string of the molecule is CCC(C)c1ccc(CCCC(=O)NN)cc1. The van der Waals surface area contributed by atoms with Gasteiger partial charge < -0.3 is 0 Å². The number of amides is 1. The zero-order chi connectivity index (χ0) is 12.7. The van der Waals surface area contributed by atoms with Gasteiger partial charge in [-0.1, -0.05) is 38.1 Å². The van der Waals surface area contributed by atoms with Crippen LogP contribution in [0.25, 0.3) is 0 Å². The van der Waals surface area contributed by atoms with Gasteiger partial charge in [0.25, 0.3) is 0 Å². The van der Waals surface area contributed by atoms with Gasteiger partial charge in [-0.3, -0.25) is 10.2 Å². The van der Waals surface area contributed by atoms with E-state index < -0.39 is 0 Å². The zero-order valence-electron chi connectivity index (χ0n) is 10.7. The summed E-state index contributed by atoms with van der Waals surface area (Å²) in [5.74, 6) is 5.54. The third-order valence-corrected chi connectivity index (χ3v) is 3.19. The van der Waals surface area contributed by atoms with E-state index >= 15 is 0 Å². The maximum absolute atomic E-state index is 10.9. The Labute approximate surface area is 103 Å². The molecule has 0 saturated carbocycles. The smallest absolute Gasteiger partial charge is 0.233 e. The Hall–Kier alpha value is -1.35. The van der Waals surface area contributed by atoms with Crippen molar-refractivity contribution in [1.82, 2.24) is 5.43 Å². The molecule has 1 atom stereocenters. The Bertz CT molecular complexity index is 346. The molecule has 0 aromatic heterocycles. The van der Waals surface area contributed by atoms with Crippen molar-refractivity contribution in [2.24, 2.45) is 5.84 Å². The fourth-order valence-electron chi connectivity index (χ4n) is 1.77. The molecule has 0 aliphatic heterocycles. The van der Waals surface area contributed by atoms with E-state index in [2.05, 4.69) is 43.5 Å². The predicted octanol–water partition coefficient (Wildman–Crippen LogP) is 2.51. The fraction of sp³-hybridized carbons (Fsp3) is 0.500. The topological polar surface area (TPSA) is 55.1 Å². The van der Waals surface area contributed by atoms with Gasteiger partial charge in [0, 0.05) is 6.42 Å². The number of carbonyl (C=O) groups excluding carboxylic acids is 1. The summed E-state index contributed by atoms with van der Waals surface area (Å²) in [5, 5.41) is 0. The summed E-state index contributed by atoms with van der Waals surface area (Å²) in [5.41, 5.74) is 4.81. The lowest BCUT2D eigenvalue weighted by molar-refractivity contribution is -0.121. The lowest BCUT2D eigenvalue weighted by atomic mass is 9.96. The largest absolute Gasteiger partial charge is 0.294 e. The second kappa shape index (κ2) is 7.07. The Kier molecular flexibility index (Phi) is 5.70. The van der Waals surface area contributed by atoms with E-state index in [1.54, 1.807) is 0 Å². The van der Waals surface area contributed by atoms with Gasteiger partial charge in [0.1, 0.15) is 0 Å². The minimum atomic E-state index is -0.0961. The lowest BCUT2D eigenvalue weighted by Gasteiger charge is -2.09. The molecule has 0 bridgehead atoms. The van der Waals surface area contributed by atoms with Gasteiger partial charge >= 0.3 is 0 Å². The Balaban J connectivity index is 2.43. The number of hydrazine groups is 1. The normalized spacial score (nSPS) is 12.2. The first-order valence-electron chi connectivity index (χ1n) is 6.25. The standard InChI is InChI=1S/C14H22N2O/c1-3-11(2)13-9-7-12(8-10-13)5-4-6-14(17)16-15/h7-11H,3-6,15H2,1-2H3,(H,16,17). The monoisotopic (exact) mass is 234 g/mol. The molecule has 3 nitrogen and oxygen atoms in total. The quantitative estimate of drug-likeness (QED) is 0.451. The van der Waals surface area contributed by atoms with Crippen molar-refractivity contribution in [3.05, 3.63) is 35.4 Å². The van der Waals surface area contributed by atoms with Gasteiger partial charge in [0.05, 0.1) is 0 Å². The number of aryl methyl sites for hydroxylation is 1. The van der Waals surface area contributed by atoms with Crippen LogP contribution in [0.15, 0.2) is 24.3 Å². The van der Waals surface area contributed by atoms with Crippen LogP contribution >= 0.6 is 0 Å². The Morgan fingerprint density at radius 3 is 2.53 bits per heavy atom. The van der Waals surface area contributed by atoms with Crippen LogP contribution in [0.3, 0.4) is 0 Å². The number of carbonyl (C=O) groups is 1. The highest BCUT2D eigenvalue weighted by Gasteiger charge is 2.03. The van der Waals surface area contributed by atoms with Crippen LogP contribution in [0.4, 0.5) is 0 Å². The van der Waals surface area contributed by atoms with Crippen molar-refractivity contribution in [1.29, 1.82) is 0 Å². The second-order valence-corrected chi connectivity index (χ2v) is 4.47. The molecule has 17 heavy (non-hydrogen) atoms. The van der Waals surface area contributed by atoms with Crippen LogP contribution < -0.4 is 11.3 Å². The van der Waals surface area contributed by atoms with Gasteiger partial charge in [0.15, 0.2) is 0 Å².